The molecule has 8 unspecified atom stereocenters. The summed E-state index contributed by atoms with van der Waals surface area (Å²) in [7, 11) is 0. The van der Waals surface area contributed by atoms with E-state index in [1.807, 2.05) is 0 Å². The van der Waals surface area contributed by atoms with Crippen molar-refractivity contribution in [3.8, 4) is 0 Å². The lowest BCUT2D eigenvalue weighted by Crippen LogP contribution is -2.44. The molecule has 4 rings (SSSR count). The van der Waals surface area contributed by atoms with Gasteiger partial charge in [0.25, 0.3) is 0 Å². The highest BCUT2D eigenvalue weighted by Crippen LogP contribution is 2.59. The first kappa shape index (κ1) is 21.2. The van der Waals surface area contributed by atoms with E-state index in [9.17, 15) is 0 Å². The molecule has 8 atom stereocenters. The Morgan fingerprint density at radius 3 is 1.68 bits per heavy atom. The number of hydrogen-bond donors (Lipinski definition) is 0. The van der Waals surface area contributed by atoms with Gasteiger partial charge in [0.05, 0.1) is 0 Å². The fraction of sp³-hybridized carbons (Fsp3) is 1.00. The van der Waals surface area contributed by atoms with Crippen LogP contribution in [0, 0.1) is 53.3 Å². The second-order valence-electron chi connectivity index (χ2n) is 12.0. The molecule has 4 fully saturated rings. The third-order valence-electron chi connectivity index (χ3n) is 10.0. The van der Waals surface area contributed by atoms with Gasteiger partial charge < -0.3 is 0 Å². The minimum Gasteiger partial charge on any atom is -0.0654 e. The summed E-state index contributed by atoms with van der Waals surface area (Å²) >= 11 is 0. The van der Waals surface area contributed by atoms with Crippen LogP contribution in [-0.2, 0) is 0 Å². The Morgan fingerprint density at radius 1 is 0.571 bits per heavy atom. The van der Waals surface area contributed by atoms with Crippen molar-refractivity contribution in [2.75, 3.05) is 0 Å². The summed E-state index contributed by atoms with van der Waals surface area (Å²) in [6.07, 6.45) is 24.8. The first-order valence-corrected chi connectivity index (χ1v) is 13.7. The van der Waals surface area contributed by atoms with Crippen LogP contribution < -0.4 is 0 Å². The lowest BCUT2D eigenvalue weighted by atomic mass is 9.53. The zero-order valence-electron chi connectivity index (χ0n) is 19.5. The maximum atomic E-state index is 2.56. The number of unbranched alkanes of at least 4 members (excludes halogenated alkanes) is 2. The third-order valence-corrected chi connectivity index (χ3v) is 10.0. The summed E-state index contributed by atoms with van der Waals surface area (Å²) in [4.78, 5) is 0. The van der Waals surface area contributed by atoms with Crippen LogP contribution in [0.3, 0.4) is 0 Å². The van der Waals surface area contributed by atoms with Gasteiger partial charge in [-0.15, -0.1) is 0 Å². The Morgan fingerprint density at radius 2 is 1.11 bits per heavy atom. The maximum absolute atomic E-state index is 2.56. The predicted octanol–water partition coefficient (Wildman–Crippen LogP) is 8.89. The first-order valence-electron chi connectivity index (χ1n) is 13.7. The minimum absolute atomic E-state index is 1.03. The highest BCUT2D eigenvalue weighted by molar-refractivity contribution is 5.00. The molecule has 162 valence electrons. The summed E-state index contributed by atoms with van der Waals surface area (Å²) < 4.78 is 0. The monoisotopic (exact) mass is 386 g/mol. The quantitative estimate of drug-likeness (QED) is 0.409. The van der Waals surface area contributed by atoms with Crippen LogP contribution in [0.5, 0.6) is 0 Å². The topological polar surface area (TPSA) is 0 Å². The van der Waals surface area contributed by atoms with Crippen molar-refractivity contribution in [2.24, 2.45) is 53.3 Å². The molecule has 4 saturated carbocycles. The fourth-order valence-corrected chi connectivity index (χ4v) is 8.98. The molecule has 0 N–H and O–H groups in total. The van der Waals surface area contributed by atoms with E-state index in [1.165, 1.54) is 25.7 Å². The van der Waals surface area contributed by atoms with Gasteiger partial charge in [-0.05, 0) is 105 Å². The average molecular weight is 387 g/mol. The molecule has 0 heterocycles. The molecular weight excluding hydrogens is 336 g/mol. The molecule has 0 nitrogen and oxygen atoms in total. The SMILES string of the molecule is CCCCC1CC(CCCC)CC(C2CC3CC(C)CC3C3CCCCC23)C1. The van der Waals surface area contributed by atoms with Gasteiger partial charge in [0.2, 0.25) is 0 Å². The zero-order valence-corrected chi connectivity index (χ0v) is 19.5. The van der Waals surface area contributed by atoms with Crippen molar-refractivity contribution in [2.45, 2.75) is 124 Å². The van der Waals surface area contributed by atoms with Gasteiger partial charge in [0, 0.05) is 0 Å². The van der Waals surface area contributed by atoms with Gasteiger partial charge in [-0.3, -0.25) is 0 Å². The standard InChI is InChI=1S/C28H50/c1-4-6-10-21-16-22(11-7-5-2)18-24(17-21)28-19-23-14-20(3)15-27(23)25-12-8-9-13-26(25)28/h20-28H,4-19H2,1-3H3. The Bertz CT molecular complexity index is 451. The van der Waals surface area contributed by atoms with Gasteiger partial charge in [0.1, 0.15) is 0 Å². The van der Waals surface area contributed by atoms with Crippen molar-refractivity contribution in [3.05, 3.63) is 0 Å². The van der Waals surface area contributed by atoms with Crippen molar-refractivity contribution < 1.29 is 0 Å². The van der Waals surface area contributed by atoms with Gasteiger partial charge in [-0.1, -0.05) is 72.1 Å². The van der Waals surface area contributed by atoms with Crippen LogP contribution in [0.2, 0.25) is 0 Å². The van der Waals surface area contributed by atoms with Crippen LogP contribution in [-0.4, -0.2) is 0 Å². The van der Waals surface area contributed by atoms with Gasteiger partial charge in [0.15, 0.2) is 0 Å². The summed E-state index contributed by atoms with van der Waals surface area (Å²) in [6, 6.07) is 0. The lowest BCUT2D eigenvalue weighted by Gasteiger charge is -2.52. The fourth-order valence-electron chi connectivity index (χ4n) is 8.98. The minimum atomic E-state index is 1.03. The van der Waals surface area contributed by atoms with Crippen molar-refractivity contribution in [1.82, 2.24) is 0 Å². The van der Waals surface area contributed by atoms with E-state index in [0.29, 0.717) is 0 Å². The maximum Gasteiger partial charge on any atom is -0.0352 e. The zero-order chi connectivity index (χ0) is 19.5. The summed E-state index contributed by atoms with van der Waals surface area (Å²) in [5.41, 5.74) is 0. The van der Waals surface area contributed by atoms with Crippen LogP contribution in [0.25, 0.3) is 0 Å². The predicted molar refractivity (Wildman–Crippen MR) is 122 cm³/mol. The number of hydrogen-bond acceptors (Lipinski definition) is 0. The van der Waals surface area contributed by atoms with E-state index in [4.69, 9.17) is 0 Å². The molecule has 0 spiro atoms. The molecule has 28 heavy (non-hydrogen) atoms. The third kappa shape index (κ3) is 4.67. The molecule has 4 aliphatic carbocycles. The van der Waals surface area contributed by atoms with E-state index in [-0.39, 0.29) is 0 Å². The summed E-state index contributed by atoms with van der Waals surface area (Å²) in [5, 5.41) is 0. The van der Waals surface area contributed by atoms with Gasteiger partial charge in [-0.2, -0.15) is 0 Å². The van der Waals surface area contributed by atoms with E-state index in [2.05, 4.69) is 20.8 Å². The largest absolute Gasteiger partial charge is 0.0654 e. The molecule has 0 bridgehead atoms. The smallest absolute Gasteiger partial charge is 0.0352 e. The Kier molecular flexibility index (Phi) is 7.49. The van der Waals surface area contributed by atoms with E-state index in [0.717, 1.165) is 53.3 Å². The molecule has 0 aliphatic heterocycles. The average Bonchev–Trinajstić information content (AvgIpc) is 3.10. The summed E-state index contributed by atoms with van der Waals surface area (Å²) in [5.74, 6) is 9.89. The van der Waals surface area contributed by atoms with E-state index < -0.39 is 0 Å². The molecule has 0 aromatic carbocycles. The molecule has 0 aromatic heterocycles. The molecule has 4 aliphatic rings. The van der Waals surface area contributed by atoms with Crippen LogP contribution in [0.15, 0.2) is 0 Å². The molecule has 0 saturated heterocycles. The highest BCUT2D eigenvalue weighted by Gasteiger charge is 2.50. The lowest BCUT2D eigenvalue weighted by molar-refractivity contribution is -0.0271. The molecule has 0 radical (unpaired) electrons. The number of fused-ring (bicyclic) bond motifs is 3. The Labute approximate surface area is 177 Å². The second-order valence-corrected chi connectivity index (χ2v) is 12.0. The van der Waals surface area contributed by atoms with E-state index in [1.54, 1.807) is 77.0 Å². The summed E-state index contributed by atoms with van der Waals surface area (Å²) in [6.45, 7) is 7.35. The van der Waals surface area contributed by atoms with Crippen LogP contribution >= 0.6 is 0 Å². The molecule has 0 heteroatoms. The van der Waals surface area contributed by atoms with Crippen LogP contribution in [0.1, 0.15) is 124 Å². The van der Waals surface area contributed by atoms with E-state index >= 15 is 0 Å². The second kappa shape index (κ2) is 9.87. The molecule has 0 amide bonds. The Balaban J connectivity index is 1.49. The first-order chi connectivity index (χ1) is 13.7. The van der Waals surface area contributed by atoms with Crippen molar-refractivity contribution >= 4 is 0 Å². The van der Waals surface area contributed by atoms with Gasteiger partial charge in [-0.25, -0.2) is 0 Å². The van der Waals surface area contributed by atoms with Gasteiger partial charge >= 0.3 is 0 Å². The molecule has 0 aromatic rings. The Hall–Kier alpha value is 0. The highest BCUT2D eigenvalue weighted by atomic mass is 14.6. The normalized spacial score (nSPS) is 46.2. The number of rotatable bonds is 7. The molecular formula is C28H50. The van der Waals surface area contributed by atoms with Crippen LogP contribution in [0.4, 0.5) is 0 Å². The van der Waals surface area contributed by atoms with Crippen molar-refractivity contribution in [1.29, 1.82) is 0 Å². The van der Waals surface area contributed by atoms with Crippen molar-refractivity contribution in [3.63, 3.8) is 0 Å².